The van der Waals surface area contributed by atoms with E-state index < -0.39 is 45.6 Å². The molecule has 3 saturated heterocycles. The fourth-order valence-electron chi connectivity index (χ4n) is 5.42. The van der Waals surface area contributed by atoms with E-state index in [0.717, 1.165) is 6.07 Å². The van der Waals surface area contributed by atoms with Crippen LogP contribution >= 0.6 is 11.8 Å². The van der Waals surface area contributed by atoms with Crippen molar-refractivity contribution < 1.29 is 58.5 Å². The number of pyridine rings is 1. The van der Waals surface area contributed by atoms with Crippen molar-refractivity contribution in [2.75, 3.05) is 31.1 Å². The number of carbonyl (C=O) groups is 3. The predicted octanol–water partition coefficient (Wildman–Crippen LogP) is -2.81. The number of aliphatic carboxylic acids is 1. The summed E-state index contributed by atoms with van der Waals surface area (Å²) in [6.07, 6.45) is 2.84. The quantitative estimate of drug-likeness (QED) is 0.170. The van der Waals surface area contributed by atoms with Gasteiger partial charge in [0.2, 0.25) is 0 Å². The summed E-state index contributed by atoms with van der Waals surface area (Å²) in [5.74, 6) is -3.54. The molecule has 5 rings (SSSR count). The summed E-state index contributed by atoms with van der Waals surface area (Å²) >= 11 is 1.44. The third kappa shape index (κ3) is 4.94. The van der Waals surface area contributed by atoms with Crippen LogP contribution in [0.2, 0.25) is 0 Å². The summed E-state index contributed by atoms with van der Waals surface area (Å²) in [5, 5.41) is 20.6. The molecule has 0 saturated carbocycles. The number of hydrogen-bond donors (Lipinski definition) is 1. The largest absolute Gasteiger partial charge is 1.00 e. The van der Waals surface area contributed by atoms with E-state index >= 15 is 4.39 Å². The van der Waals surface area contributed by atoms with Gasteiger partial charge in [-0.2, -0.15) is 0 Å². The second-order valence-corrected chi connectivity index (χ2v) is 11.9. The summed E-state index contributed by atoms with van der Waals surface area (Å²) in [7, 11) is 0. The Hall–Kier alpha value is -2.61. The number of aliphatic imine (C=N–C) groups is 1. The third-order valence-corrected chi connectivity index (χ3v) is 8.96. The van der Waals surface area contributed by atoms with Gasteiger partial charge in [-0.05, 0) is 32.9 Å². The summed E-state index contributed by atoms with van der Waals surface area (Å²) < 4.78 is 16.1. The summed E-state index contributed by atoms with van der Waals surface area (Å²) in [5.41, 5.74) is -0.539. The van der Waals surface area contributed by atoms with E-state index in [1.165, 1.54) is 22.9 Å². The minimum absolute atomic E-state index is 0. The molecule has 1 amide bonds. The van der Waals surface area contributed by atoms with Gasteiger partial charge in [-0.1, -0.05) is 0 Å². The smallest absolute Gasteiger partial charge is 0.545 e. The average molecular weight is 568 g/mol. The number of aromatic nitrogens is 1. The van der Waals surface area contributed by atoms with Crippen LogP contribution < -0.4 is 45.0 Å². The number of aryl methyl sites for hydroxylation is 1. The average Bonchev–Trinajstić information content (AvgIpc) is 3.12. The number of piperazine rings is 1. The van der Waals surface area contributed by atoms with Gasteiger partial charge < -0.3 is 34.3 Å². The molecule has 0 bridgehead atoms. The minimum Gasteiger partial charge on any atom is -0.545 e. The molecule has 0 radical (unpaired) electrons. The summed E-state index contributed by atoms with van der Waals surface area (Å²) in [4.78, 5) is 57.9. The fourth-order valence-corrected chi connectivity index (χ4v) is 7.04. The van der Waals surface area contributed by atoms with Gasteiger partial charge in [-0.15, -0.1) is 11.8 Å². The number of carboxylic acids is 2. The molecule has 3 atom stereocenters. The van der Waals surface area contributed by atoms with Crippen LogP contribution in [0, 0.1) is 5.82 Å². The van der Waals surface area contributed by atoms with Crippen molar-refractivity contribution in [3.63, 3.8) is 0 Å². The Morgan fingerprint density at radius 1 is 1.23 bits per heavy atom. The van der Waals surface area contributed by atoms with Gasteiger partial charge in [0, 0.05) is 49.1 Å². The number of hydrogen-bond acceptors (Lipinski definition) is 8. The predicted molar refractivity (Wildman–Crippen MR) is 138 cm³/mol. The topological polar surface area (TPSA) is 139 Å². The van der Waals surface area contributed by atoms with Crippen molar-refractivity contribution in [2.24, 2.45) is 4.99 Å². The number of β-lactam (4-membered cyclic amide) rings is 1. The van der Waals surface area contributed by atoms with Gasteiger partial charge in [-0.3, -0.25) is 14.6 Å². The SMILES string of the molecule is CCn1cc(C(=O)[O-])c(=O)c2cc(F)c(N3CCN(C=N[C@@H]4C(=O)N5[C@@H]4SC(C)(C)[C@@H]5C(=O)O)CC3)cc21.[Na+]. The van der Waals surface area contributed by atoms with E-state index in [-0.39, 0.29) is 46.2 Å². The minimum atomic E-state index is -1.60. The Labute approximate surface area is 249 Å². The number of rotatable bonds is 6. The maximum Gasteiger partial charge on any atom is 1.00 e. The van der Waals surface area contributed by atoms with Gasteiger partial charge in [-0.25, -0.2) is 9.18 Å². The number of carbonyl (C=O) groups excluding carboxylic acids is 2. The van der Waals surface area contributed by atoms with Crippen molar-refractivity contribution >= 4 is 52.5 Å². The van der Waals surface area contributed by atoms with Crippen molar-refractivity contribution in [3.05, 3.63) is 39.9 Å². The van der Waals surface area contributed by atoms with Crippen LogP contribution in [-0.4, -0.2) is 92.0 Å². The second kappa shape index (κ2) is 10.8. The molecule has 14 heteroatoms. The normalized spacial score (nSPS) is 24.1. The molecule has 202 valence electrons. The molecule has 2 aromatic rings. The molecule has 0 unspecified atom stereocenters. The molecular formula is C25H27FN5NaO6S. The standard InChI is InChI=1S/C25H28FN5O6S.Na/c1-4-29-11-14(23(34)35)19(32)13-9-15(26)17(10-16(13)29)30-7-5-28(6-8-30)12-27-18-21(33)31-20(24(36)37)25(2,3)38-22(18)31;/h9-12,18,20,22H,4-8H2,1-3H3,(H,34,35)(H,36,37);/q;+1/p-1/t18-,20+,22-;/m1./s1. The van der Waals surface area contributed by atoms with Crippen molar-refractivity contribution in [3.8, 4) is 0 Å². The number of thioether (sulfide) groups is 1. The Balaban J connectivity index is 0.00000353. The van der Waals surface area contributed by atoms with Gasteiger partial charge in [0.1, 0.15) is 17.2 Å². The monoisotopic (exact) mass is 567 g/mol. The second-order valence-electron chi connectivity index (χ2n) is 10.1. The zero-order valence-corrected chi connectivity index (χ0v) is 24.9. The fraction of sp³-hybridized carbons (Fsp3) is 0.480. The van der Waals surface area contributed by atoms with Gasteiger partial charge in [0.15, 0.2) is 11.5 Å². The van der Waals surface area contributed by atoms with Crippen molar-refractivity contribution in [2.45, 2.75) is 49.5 Å². The number of halogens is 1. The van der Waals surface area contributed by atoms with Gasteiger partial charge in [0.05, 0.1) is 29.1 Å². The number of amides is 1. The van der Waals surface area contributed by atoms with Gasteiger partial charge in [0.25, 0.3) is 5.91 Å². The molecular weight excluding hydrogens is 540 g/mol. The molecule has 3 aliphatic rings. The maximum absolute atomic E-state index is 15.1. The Bertz CT molecular complexity index is 1440. The van der Waals surface area contributed by atoms with E-state index in [0.29, 0.717) is 43.9 Å². The number of aromatic carboxylic acids is 1. The molecule has 3 fully saturated rings. The zero-order chi connectivity index (χ0) is 27.5. The van der Waals surface area contributed by atoms with E-state index in [1.54, 1.807) is 23.9 Å². The first-order valence-corrected chi connectivity index (χ1v) is 13.2. The summed E-state index contributed by atoms with van der Waals surface area (Å²) in [6.45, 7) is 7.74. The molecule has 1 aromatic heterocycles. The number of nitrogens with zero attached hydrogens (tertiary/aromatic N) is 5. The molecule has 0 aliphatic carbocycles. The molecule has 0 spiro atoms. The Morgan fingerprint density at radius 2 is 1.90 bits per heavy atom. The number of anilines is 1. The van der Waals surface area contributed by atoms with E-state index in [1.807, 2.05) is 23.6 Å². The van der Waals surface area contributed by atoms with E-state index in [2.05, 4.69) is 4.99 Å². The van der Waals surface area contributed by atoms with Crippen LogP contribution in [0.3, 0.4) is 0 Å². The van der Waals surface area contributed by atoms with E-state index in [9.17, 15) is 29.4 Å². The van der Waals surface area contributed by atoms with Crippen molar-refractivity contribution in [1.82, 2.24) is 14.4 Å². The first kappa shape index (κ1) is 29.4. The zero-order valence-electron chi connectivity index (χ0n) is 22.1. The number of benzene rings is 1. The first-order chi connectivity index (χ1) is 17.9. The van der Waals surface area contributed by atoms with Crippen molar-refractivity contribution in [1.29, 1.82) is 0 Å². The molecule has 1 N–H and O–H groups in total. The van der Waals surface area contributed by atoms with Crippen LogP contribution in [0.1, 0.15) is 31.1 Å². The maximum atomic E-state index is 15.1. The summed E-state index contributed by atoms with van der Waals surface area (Å²) in [6, 6.07) is 1.14. The molecule has 3 aliphatic heterocycles. The van der Waals surface area contributed by atoms with Gasteiger partial charge >= 0.3 is 35.5 Å². The molecule has 1 aromatic carbocycles. The van der Waals surface area contributed by atoms with Crippen LogP contribution in [-0.2, 0) is 16.1 Å². The first-order valence-electron chi connectivity index (χ1n) is 12.3. The van der Waals surface area contributed by atoms with E-state index in [4.69, 9.17) is 0 Å². The third-order valence-electron chi connectivity index (χ3n) is 7.40. The molecule has 4 heterocycles. The number of fused-ring (bicyclic) bond motifs is 2. The molecule has 11 nitrogen and oxygen atoms in total. The Morgan fingerprint density at radius 3 is 2.49 bits per heavy atom. The van der Waals surface area contributed by atoms with Crippen LogP contribution in [0.15, 0.2) is 28.1 Å². The van der Waals surface area contributed by atoms with Crippen LogP contribution in [0.5, 0.6) is 0 Å². The van der Waals surface area contributed by atoms with Crippen LogP contribution in [0.25, 0.3) is 10.9 Å². The Kier molecular flexibility index (Phi) is 8.10. The molecule has 39 heavy (non-hydrogen) atoms. The number of carboxylic acid groups (broad SMARTS) is 2. The van der Waals surface area contributed by atoms with Crippen LogP contribution in [0.4, 0.5) is 10.1 Å².